The summed E-state index contributed by atoms with van der Waals surface area (Å²) in [4.78, 5) is 12.6. The lowest BCUT2D eigenvalue weighted by Gasteiger charge is -2.07. The number of amides is 1. The number of hydrogen-bond acceptors (Lipinski definition) is 4. The zero-order chi connectivity index (χ0) is 22.1. The van der Waals surface area contributed by atoms with Gasteiger partial charge in [-0.1, -0.05) is 23.7 Å². The fraction of sp³-hybridized carbons (Fsp3) is 0.261. The molecule has 1 aromatic carbocycles. The van der Waals surface area contributed by atoms with E-state index < -0.39 is 0 Å². The topological polar surface area (TPSA) is 77.9 Å². The van der Waals surface area contributed by atoms with Crippen molar-refractivity contribution in [1.82, 2.24) is 19.6 Å². The van der Waals surface area contributed by atoms with E-state index in [9.17, 15) is 4.79 Å². The first-order valence-corrected chi connectivity index (χ1v) is 10.4. The third kappa shape index (κ3) is 4.56. The van der Waals surface area contributed by atoms with Crippen LogP contribution in [0.2, 0.25) is 5.02 Å². The molecule has 7 nitrogen and oxygen atoms in total. The molecule has 4 rings (SSSR count). The molecule has 0 unspecified atom stereocenters. The average molecular weight is 438 g/mol. The molecule has 0 bridgehead atoms. The van der Waals surface area contributed by atoms with Gasteiger partial charge in [0.2, 0.25) is 0 Å². The monoisotopic (exact) mass is 437 g/mol. The predicted octanol–water partition coefficient (Wildman–Crippen LogP) is 4.91. The van der Waals surface area contributed by atoms with Gasteiger partial charge in [-0.15, -0.1) is 0 Å². The summed E-state index contributed by atoms with van der Waals surface area (Å²) < 4.78 is 9.44. The molecule has 0 saturated carbocycles. The van der Waals surface area contributed by atoms with Crippen LogP contribution in [0.3, 0.4) is 0 Å². The van der Waals surface area contributed by atoms with Crippen molar-refractivity contribution in [3.63, 3.8) is 0 Å². The third-order valence-corrected chi connectivity index (χ3v) is 5.68. The first kappa shape index (κ1) is 20.9. The number of aryl methyl sites for hydroxylation is 3. The third-order valence-electron chi connectivity index (χ3n) is 5.13. The standard InChI is InChI=1S/C23H24ClN5O2/c1-14-11-15(2)28(26-14)12-18-5-7-19(8-6-18)25-23(30)21-10-9-20(31-21)13-29-17(4)22(24)16(3)27-29/h5-11H,12-13H2,1-4H3,(H,25,30). The maximum absolute atomic E-state index is 12.6. The van der Waals surface area contributed by atoms with E-state index in [1.165, 1.54) is 0 Å². The molecule has 3 aromatic heterocycles. The number of nitrogens with zero attached hydrogens (tertiary/aromatic N) is 4. The highest BCUT2D eigenvalue weighted by molar-refractivity contribution is 6.31. The zero-order valence-electron chi connectivity index (χ0n) is 17.9. The van der Waals surface area contributed by atoms with Crippen LogP contribution in [0.5, 0.6) is 0 Å². The highest BCUT2D eigenvalue weighted by atomic mass is 35.5. The SMILES string of the molecule is Cc1cc(C)n(Cc2ccc(NC(=O)c3ccc(Cn4nc(C)c(Cl)c4C)o3)cc2)n1. The number of rotatable bonds is 6. The van der Waals surface area contributed by atoms with Crippen LogP contribution in [0.4, 0.5) is 5.69 Å². The van der Waals surface area contributed by atoms with Gasteiger partial charge in [-0.3, -0.25) is 14.2 Å². The highest BCUT2D eigenvalue weighted by Gasteiger charge is 2.15. The van der Waals surface area contributed by atoms with Gasteiger partial charge in [-0.05, 0) is 63.6 Å². The van der Waals surface area contributed by atoms with Gasteiger partial charge in [0.15, 0.2) is 5.76 Å². The van der Waals surface area contributed by atoms with E-state index in [0.717, 1.165) is 28.3 Å². The molecule has 0 fully saturated rings. The fourth-order valence-corrected chi connectivity index (χ4v) is 3.59. The number of aromatic nitrogens is 4. The Morgan fingerprint density at radius 1 is 1.00 bits per heavy atom. The van der Waals surface area contributed by atoms with Crippen LogP contribution >= 0.6 is 11.6 Å². The van der Waals surface area contributed by atoms with E-state index in [4.69, 9.17) is 16.0 Å². The van der Waals surface area contributed by atoms with Crippen molar-refractivity contribution in [2.24, 2.45) is 0 Å². The predicted molar refractivity (Wildman–Crippen MR) is 120 cm³/mol. The van der Waals surface area contributed by atoms with Gasteiger partial charge in [0.05, 0.1) is 35.2 Å². The number of halogens is 1. The van der Waals surface area contributed by atoms with Crippen molar-refractivity contribution < 1.29 is 9.21 Å². The molecule has 3 heterocycles. The Morgan fingerprint density at radius 2 is 1.74 bits per heavy atom. The van der Waals surface area contributed by atoms with Crippen molar-refractivity contribution in [1.29, 1.82) is 0 Å². The Balaban J connectivity index is 1.39. The van der Waals surface area contributed by atoms with Crippen molar-refractivity contribution in [2.75, 3.05) is 5.32 Å². The molecule has 1 N–H and O–H groups in total. The van der Waals surface area contributed by atoms with Crippen molar-refractivity contribution in [3.8, 4) is 0 Å². The molecular weight excluding hydrogens is 414 g/mol. The lowest BCUT2D eigenvalue weighted by atomic mass is 10.2. The molecule has 160 valence electrons. The second kappa shape index (κ2) is 8.43. The molecule has 4 aromatic rings. The summed E-state index contributed by atoms with van der Waals surface area (Å²) in [5.41, 5.74) is 5.55. The van der Waals surface area contributed by atoms with Crippen molar-refractivity contribution in [3.05, 3.63) is 87.3 Å². The first-order valence-electron chi connectivity index (χ1n) is 9.99. The largest absolute Gasteiger partial charge is 0.454 e. The average Bonchev–Trinajstić information content (AvgIpc) is 3.39. The van der Waals surface area contributed by atoms with Crippen LogP contribution in [0.25, 0.3) is 0 Å². The smallest absolute Gasteiger partial charge is 0.291 e. The molecule has 0 saturated heterocycles. The summed E-state index contributed by atoms with van der Waals surface area (Å²) in [6.45, 7) is 8.87. The molecule has 0 atom stereocenters. The highest BCUT2D eigenvalue weighted by Crippen LogP contribution is 2.21. The molecule has 1 amide bonds. The van der Waals surface area contributed by atoms with Gasteiger partial charge in [-0.2, -0.15) is 10.2 Å². The van der Waals surface area contributed by atoms with Gasteiger partial charge in [0.25, 0.3) is 5.91 Å². The number of furan rings is 1. The van der Waals surface area contributed by atoms with Crippen LogP contribution < -0.4 is 5.32 Å². The van der Waals surface area contributed by atoms with Crippen LogP contribution in [0, 0.1) is 27.7 Å². The molecule has 0 aliphatic heterocycles. The number of anilines is 1. The van der Waals surface area contributed by atoms with E-state index in [1.54, 1.807) is 16.8 Å². The Hall–Kier alpha value is -3.32. The molecule has 0 radical (unpaired) electrons. The van der Waals surface area contributed by atoms with Gasteiger partial charge < -0.3 is 9.73 Å². The summed E-state index contributed by atoms with van der Waals surface area (Å²) in [6, 6.07) is 13.2. The van der Waals surface area contributed by atoms with Crippen LogP contribution in [0.15, 0.2) is 46.9 Å². The Bertz CT molecular complexity index is 1230. The van der Waals surface area contributed by atoms with Crippen LogP contribution in [-0.4, -0.2) is 25.5 Å². The van der Waals surface area contributed by atoms with Gasteiger partial charge in [0, 0.05) is 11.4 Å². The van der Waals surface area contributed by atoms with Gasteiger partial charge in [0.1, 0.15) is 5.76 Å². The summed E-state index contributed by atoms with van der Waals surface area (Å²) in [5, 5.41) is 12.4. The van der Waals surface area contributed by atoms with Crippen LogP contribution in [-0.2, 0) is 13.1 Å². The Labute approximate surface area is 185 Å². The van der Waals surface area contributed by atoms with E-state index in [0.29, 0.717) is 29.6 Å². The molecule has 0 spiro atoms. The minimum atomic E-state index is -0.302. The quantitative estimate of drug-likeness (QED) is 0.465. The number of nitrogens with one attached hydrogen (secondary N) is 1. The van der Waals surface area contributed by atoms with E-state index in [1.807, 2.05) is 56.6 Å². The molecule has 0 aliphatic rings. The minimum Gasteiger partial charge on any atom is -0.454 e. The number of carbonyl (C=O) groups excluding carboxylic acids is 1. The molecule has 31 heavy (non-hydrogen) atoms. The number of benzene rings is 1. The second-order valence-corrected chi connectivity index (χ2v) is 8.02. The van der Waals surface area contributed by atoms with E-state index >= 15 is 0 Å². The molecule has 0 aliphatic carbocycles. The summed E-state index contributed by atoms with van der Waals surface area (Å²) in [6.07, 6.45) is 0. The first-order chi connectivity index (χ1) is 14.8. The van der Waals surface area contributed by atoms with Gasteiger partial charge in [-0.25, -0.2) is 0 Å². The lowest BCUT2D eigenvalue weighted by molar-refractivity contribution is 0.0994. The van der Waals surface area contributed by atoms with Crippen molar-refractivity contribution in [2.45, 2.75) is 40.8 Å². The number of carbonyl (C=O) groups is 1. The summed E-state index contributed by atoms with van der Waals surface area (Å²) in [7, 11) is 0. The summed E-state index contributed by atoms with van der Waals surface area (Å²) >= 11 is 6.19. The fourth-order valence-electron chi connectivity index (χ4n) is 3.46. The number of hydrogen-bond donors (Lipinski definition) is 1. The summed E-state index contributed by atoms with van der Waals surface area (Å²) in [5.74, 6) is 0.575. The van der Waals surface area contributed by atoms with Gasteiger partial charge >= 0.3 is 0 Å². The maximum atomic E-state index is 12.6. The second-order valence-electron chi connectivity index (χ2n) is 7.64. The zero-order valence-corrected chi connectivity index (χ0v) is 18.7. The minimum absolute atomic E-state index is 0.245. The molecule has 8 heteroatoms. The molecular formula is C23H24ClN5O2. The van der Waals surface area contributed by atoms with E-state index in [2.05, 4.69) is 21.6 Å². The van der Waals surface area contributed by atoms with Crippen molar-refractivity contribution >= 4 is 23.2 Å². The normalized spacial score (nSPS) is 11.1. The van der Waals surface area contributed by atoms with E-state index in [-0.39, 0.29) is 11.7 Å². The lowest BCUT2D eigenvalue weighted by Crippen LogP contribution is -2.11. The Morgan fingerprint density at radius 3 is 2.35 bits per heavy atom. The maximum Gasteiger partial charge on any atom is 0.291 e. The van der Waals surface area contributed by atoms with Crippen LogP contribution in [0.1, 0.15) is 44.7 Å². The Kier molecular flexibility index (Phi) is 5.69.